The van der Waals surface area contributed by atoms with Crippen LogP contribution in [-0.2, 0) is 4.74 Å². The van der Waals surface area contributed by atoms with E-state index in [9.17, 15) is 9.90 Å². The first-order valence-corrected chi connectivity index (χ1v) is 5.85. The molecule has 1 amide bonds. The van der Waals surface area contributed by atoms with Crippen molar-refractivity contribution in [1.29, 1.82) is 0 Å². The number of methoxy groups -OCH3 is 1. The van der Waals surface area contributed by atoms with Crippen LogP contribution in [0.3, 0.4) is 0 Å². The molecule has 0 spiro atoms. The molecule has 1 rings (SSSR count). The Morgan fingerprint density at radius 2 is 2.17 bits per heavy atom. The predicted octanol–water partition coefficient (Wildman–Crippen LogP) is 1.13. The maximum absolute atomic E-state index is 12.2. The number of aliphatic hydroxyl groups is 1. The van der Waals surface area contributed by atoms with Crippen LogP contribution in [0, 0.1) is 0 Å². The normalized spacial score (nSPS) is 10.4. The molecule has 100 valence electrons. The van der Waals surface area contributed by atoms with Gasteiger partial charge in [-0.15, -0.1) is 0 Å². The van der Waals surface area contributed by atoms with Crippen molar-refractivity contribution in [3.8, 4) is 5.75 Å². The van der Waals surface area contributed by atoms with E-state index in [4.69, 9.17) is 21.4 Å². The van der Waals surface area contributed by atoms with Gasteiger partial charge in [-0.3, -0.25) is 4.79 Å². The molecule has 0 aliphatic carbocycles. The van der Waals surface area contributed by atoms with Gasteiger partial charge in [0.05, 0.1) is 23.8 Å². The number of phenolic OH excluding ortho intramolecular Hbond substituents is 1. The molecule has 0 bridgehead atoms. The summed E-state index contributed by atoms with van der Waals surface area (Å²) in [5.74, 6) is -0.375. The average Bonchev–Trinajstić information content (AvgIpc) is 2.36. The lowest BCUT2D eigenvalue weighted by atomic mass is 10.2. The molecule has 18 heavy (non-hydrogen) atoms. The van der Waals surface area contributed by atoms with E-state index in [1.54, 1.807) is 0 Å². The highest BCUT2D eigenvalue weighted by Gasteiger charge is 2.18. The Morgan fingerprint density at radius 3 is 2.78 bits per heavy atom. The summed E-state index contributed by atoms with van der Waals surface area (Å²) in [4.78, 5) is 13.6. The molecule has 0 aliphatic rings. The SMILES string of the molecule is COCCN(CCO)C(=O)c1cc(O)ccc1Cl. The van der Waals surface area contributed by atoms with Crippen molar-refractivity contribution in [2.24, 2.45) is 0 Å². The topological polar surface area (TPSA) is 70.0 Å². The summed E-state index contributed by atoms with van der Waals surface area (Å²) < 4.78 is 4.90. The quantitative estimate of drug-likeness (QED) is 0.815. The maximum Gasteiger partial charge on any atom is 0.255 e. The second-order valence-electron chi connectivity index (χ2n) is 3.67. The molecule has 6 heteroatoms. The molecule has 1 aromatic rings. The number of hydrogen-bond donors (Lipinski definition) is 2. The van der Waals surface area contributed by atoms with E-state index in [0.29, 0.717) is 13.2 Å². The third-order valence-corrected chi connectivity index (χ3v) is 2.73. The van der Waals surface area contributed by atoms with Gasteiger partial charge in [0.15, 0.2) is 0 Å². The van der Waals surface area contributed by atoms with Crippen molar-refractivity contribution in [2.45, 2.75) is 0 Å². The van der Waals surface area contributed by atoms with Gasteiger partial charge in [-0.1, -0.05) is 11.6 Å². The standard InChI is InChI=1S/C12H16ClNO4/c1-18-7-5-14(4-6-15)12(17)10-8-9(16)2-3-11(10)13/h2-3,8,15-16H,4-7H2,1H3. The van der Waals surface area contributed by atoms with Crippen LogP contribution < -0.4 is 0 Å². The van der Waals surface area contributed by atoms with E-state index in [0.717, 1.165) is 0 Å². The molecule has 0 unspecified atom stereocenters. The third-order valence-electron chi connectivity index (χ3n) is 2.40. The number of carbonyl (C=O) groups excluding carboxylic acids is 1. The average molecular weight is 274 g/mol. The molecule has 0 saturated carbocycles. The van der Waals surface area contributed by atoms with Gasteiger partial charge in [-0.2, -0.15) is 0 Å². The Morgan fingerprint density at radius 1 is 1.44 bits per heavy atom. The Balaban J connectivity index is 2.90. The first-order valence-electron chi connectivity index (χ1n) is 5.47. The van der Waals surface area contributed by atoms with Gasteiger partial charge in [-0.25, -0.2) is 0 Å². The fraction of sp³-hybridized carbons (Fsp3) is 0.417. The van der Waals surface area contributed by atoms with E-state index in [-0.39, 0.29) is 35.4 Å². The number of benzene rings is 1. The molecule has 0 radical (unpaired) electrons. The van der Waals surface area contributed by atoms with Gasteiger partial charge in [-0.05, 0) is 18.2 Å². The maximum atomic E-state index is 12.2. The smallest absolute Gasteiger partial charge is 0.255 e. The van der Waals surface area contributed by atoms with Crippen LogP contribution in [0.5, 0.6) is 5.75 Å². The number of aliphatic hydroxyl groups excluding tert-OH is 1. The Kier molecular flexibility index (Phi) is 5.91. The van der Waals surface area contributed by atoms with E-state index < -0.39 is 0 Å². The van der Waals surface area contributed by atoms with Gasteiger partial charge in [0.25, 0.3) is 5.91 Å². The van der Waals surface area contributed by atoms with Gasteiger partial charge >= 0.3 is 0 Å². The minimum absolute atomic E-state index is 0.0292. The molecule has 0 fully saturated rings. The molecule has 1 aromatic carbocycles. The first kappa shape index (κ1) is 14.8. The fourth-order valence-electron chi connectivity index (χ4n) is 1.48. The zero-order chi connectivity index (χ0) is 13.5. The third kappa shape index (κ3) is 3.87. The Bertz CT molecular complexity index is 411. The summed E-state index contributed by atoms with van der Waals surface area (Å²) in [6.45, 7) is 0.754. The van der Waals surface area contributed by atoms with Crippen molar-refractivity contribution in [2.75, 3.05) is 33.4 Å². The van der Waals surface area contributed by atoms with Crippen LogP contribution in [0.1, 0.15) is 10.4 Å². The van der Waals surface area contributed by atoms with Crippen molar-refractivity contribution in [1.82, 2.24) is 4.90 Å². The summed E-state index contributed by atoms with van der Waals surface area (Å²) in [6.07, 6.45) is 0. The number of amides is 1. The summed E-state index contributed by atoms with van der Waals surface area (Å²) in [7, 11) is 1.53. The highest BCUT2D eigenvalue weighted by molar-refractivity contribution is 6.33. The van der Waals surface area contributed by atoms with Crippen LogP contribution in [0.4, 0.5) is 0 Å². The molecule has 0 heterocycles. The summed E-state index contributed by atoms with van der Waals surface area (Å²) in [5.41, 5.74) is 0.209. The minimum atomic E-state index is -0.345. The second-order valence-corrected chi connectivity index (χ2v) is 4.08. The molecule has 0 saturated heterocycles. The van der Waals surface area contributed by atoms with E-state index >= 15 is 0 Å². The highest BCUT2D eigenvalue weighted by Crippen LogP contribution is 2.22. The second kappa shape index (κ2) is 7.20. The lowest BCUT2D eigenvalue weighted by molar-refractivity contribution is 0.0656. The number of halogens is 1. The van der Waals surface area contributed by atoms with Crippen LogP contribution in [0.2, 0.25) is 5.02 Å². The molecule has 0 atom stereocenters. The number of aromatic hydroxyl groups is 1. The number of carbonyl (C=O) groups is 1. The minimum Gasteiger partial charge on any atom is -0.508 e. The number of hydrogen-bond acceptors (Lipinski definition) is 4. The molecular formula is C12H16ClNO4. The zero-order valence-electron chi connectivity index (χ0n) is 10.1. The van der Waals surface area contributed by atoms with E-state index in [2.05, 4.69) is 0 Å². The number of ether oxygens (including phenoxy) is 1. The largest absolute Gasteiger partial charge is 0.508 e. The fourth-order valence-corrected chi connectivity index (χ4v) is 1.68. The van der Waals surface area contributed by atoms with Crippen LogP contribution in [0.25, 0.3) is 0 Å². The van der Waals surface area contributed by atoms with Crippen LogP contribution in [-0.4, -0.2) is 54.4 Å². The molecular weight excluding hydrogens is 258 g/mol. The van der Waals surface area contributed by atoms with E-state index in [1.807, 2.05) is 0 Å². The van der Waals surface area contributed by atoms with Gasteiger partial charge in [0.1, 0.15) is 5.75 Å². The van der Waals surface area contributed by atoms with Gasteiger partial charge < -0.3 is 19.8 Å². The van der Waals surface area contributed by atoms with Crippen molar-refractivity contribution in [3.05, 3.63) is 28.8 Å². The molecule has 2 N–H and O–H groups in total. The van der Waals surface area contributed by atoms with E-state index in [1.165, 1.54) is 30.2 Å². The summed E-state index contributed by atoms with van der Waals surface area (Å²) in [5, 5.41) is 18.6. The number of nitrogens with zero attached hydrogens (tertiary/aromatic N) is 1. The Hall–Kier alpha value is -1.30. The lowest BCUT2D eigenvalue weighted by Crippen LogP contribution is -2.36. The van der Waals surface area contributed by atoms with Crippen LogP contribution >= 0.6 is 11.6 Å². The summed E-state index contributed by atoms with van der Waals surface area (Å²) >= 11 is 5.92. The van der Waals surface area contributed by atoms with Crippen LogP contribution in [0.15, 0.2) is 18.2 Å². The van der Waals surface area contributed by atoms with Crippen molar-refractivity contribution < 1.29 is 19.7 Å². The monoisotopic (exact) mass is 273 g/mol. The van der Waals surface area contributed by atoms with Gasteiger partial charge in [0.2, 0.25) is 0 Å². The van der Waals surface area contributed by atoms with Gasteiger partial charge in [0, 0.05) is 20.2 Å². The Labute approximate surface area is 111 Å². The van der Waals surface area contributed by atoms with Crippen molar-refractivity contribution >= 4 is 17.5 Å². The highest BCUT2D eigenvalue weighted by atomic mass is 35.5. The lowest BCUT2D eigenvalue weighted by Gasteiger charge is -2.22. The molecule has 0 aromatic heterocycles. The number of rotatable bonds is 6. The zero-order valence-corrected chi connectivity index (χ0v) is 10.9. The van der Waals surface area contributed by atoms with Crippen molar-refractivity contribution in [3.63, 3.8) is 0 Å². The molecule has 0 aliphatic heterocycles. The first-order chi connectivity index (χ1) is 8.60. The summed E-state index contributed by atoms with van der Waals surface area (Å²) in [6, 6.07) is 4.17. The molecule has 5 nitrogen and oxygen atoms in total. The predicted molar refractivity (Wildman–Crippen MR) is 68.0 cm³/mol. The number of phenols is 1.